The van der Waals surface area contributed by atoms with E-state index in [0.29, 0.717) is 40.4 Å². The van der Waals surface area contributed by atoms with Crippen molar-refractivity contribution in [2.45, 2.75) is 37.1 Å². The molecule has 1 unspecified atom stereocenters. The van der Waals surface area contributed by atoms with Crippen molar-refractivity contribution >= 4 is 23.4 Å². The minimum absolute atomic E-state index is 0.144. The number of carbonyl (C=O) groups excluding carboxylic acids is 1. The Morgan fingerprint density at radius 1 is 1.14 bits per heavy atom. The second-order valence-corrected chi connectivity index (χ2v) is 7.83. The lowest BCUT2D eigenvalue weighted by Crippen LogP contribution is -3.12. The van der Waals surface area contributed by atoms with Gasteiger partial charge in [-0.1, -0.05) is 11.8 Å². The molecule has 0 saturated heterocycles. The SMILES string of the molecule is COc1cc(C)c(C[NH+](C)[C@H](C)C(=O)Nc2ccc(SC(F)F)cc2)cc1OC. The van der Waals surface area contributed by atoms with Gasteiger partial charge in [0.15, 0.2) is 17.5 Å². The van der Waals surface area contributed by atoms with Crippen molar-refractivity contribution in [1.82, 2.24) is 0 Å². The fourth-order valence-electron chi connectivity index (χ4n) is 2.86. The molecule has 0 aliphatic rings. The van der Waals surface area contributed by atoms with Crippen LogP contribution in [-0.4, -0.2) is 39.0 Å². The zero-order chi connectivity index (χ0) is 21.6. The molecule has 1 amide bonds. The van der Waals surface area contributed by atoms with Gasteiger partial charge in [0.2, 0.25) is 0 Å². The molecule has 0 saturated carbocycles. The minimum atomic E-state index is -2.47. The highest BCUT2D eigenvalue weighted by atomic mass is 32.2. The summed E-state index contributed by atoms with van der Waals surface area (Å²) in [5, 5.41) is 2.84. The highest BCUT2D eigenvalue weighted by Gasteiger charge is 2.23. The van der Waals surface area contributed by atoms with E-state index in [0.717, 1.165) is 16.0 Å². The lowest BCUT2D eigenvalue weighted by Gasteiger charge is -2.22. The third-order valence-corrected chi connectivity index (χ3v) is 5.51. The van der Waals surface area contributed by atoms with Gasteiger partial charge in [-0.05, 0) is 55.8 Å². The number of ether oxygens (including phenoxy) is 2. The first kappa shape index (κ1) is 23.0. The van der Waals surface area contributed by atoms with Gasteiger partial charge in [0.1, 0.15) is 6.54 Å². The van der Waals surface area contributed by atoms with Gasteiger partial charge >= 0.3 is 0 Å². The van der Waals surface area contributed by atoms with Crippen LogP contribution in [0.5, 0.6) is 11.5 Å². The number of anilines is 1. The van der Waals surface area contributed by atoms with Crippen molar-refractivity contribution in [3.63, 3.8) is 0 Å². The smallest absolute Gasteiger partial charge is 0.288 e. The Morgan fingerprint density at radius 3 is 2.28 bits per heavy atom. The summed E-state index contributed by atoms with van der Waals surface area (Å²) in [5.74, 6) is -1.28. The summed E-state index contributed by atoms with van der Waals surface area (Å²) in [6, 6.07) is 9.93. The Kier molecular flexibility index (Phi) is 8.28. The van der Waals surface area contributed by atoms with Crippen LogP contribution in [0.1, 0.15) is 18.1 Å². The molecular weight excluding hydrogens is 398 g/mol. The summed E-state index contributed by atoms with van der Waals surface area (Å²) in [7, 11) is 5.14. The van der Waals surface area contributed by atoms with E-state index in [1.807, 2.05) is 33.0 Å². The predicted octanol–water partition coefficient (Wildman–Crippen LogP) is 3.37. The first-order chi connectivity index (χ1) is 13.7. The van der Waals surface area contributed by atoms with E-state index in [2.05, 4.69) is 5.32 Å². The number of thioether (sulfide) groups is 1. The van der Waals surface area contributed by atoms with E-state index in [-0.39, 0.29) is 11.9 Å². The molecule has 29 heavy (non-hydrogen) atoms. The van der Waals surface area contributed by atoms with E-state index in [1.54, 1.807) is 38.5 Å². The first-order valence-electron chi connectivity index (χ1n) is 9.14. The molecule has 8 heteroatoms. The van der Waals surface area contributed by atoms with Crippen molar-refractivity contribution < 1.29 is 27.9 Å². The number of alkyl halides is 2. The van der Waals surface area contributed by atoms with Crippen molar-refractivity contribution in [3.05, 3.63) is 47.5 Å². The largest absolute Gasteiger partial charge is 0.493 e. The van der Waals surface area contributed by atoms with Crippen LogP contribution in [0, 0.1) is 6.92 Å². The van der Waals surface area contributed by atoms with Crippen molar-refractivity contribution in [3.8, 4) is 11.5 Å². The second-order valence-electron chi connectivity index (χ2n) is 6.77. The summed E-state index contributed by atoms with van der Waals surface area (Å²) in [6.45, 7) is 4.47. The molecule has 2 atom stereocenters. The number of quaternary nitrogens is 1. The maximum absolute atomic E-state index is 12.6. The molecule has 0 fully saturated rings. The van der Waals surface area contributed by atoms with Gasteiger partial charge < -0.3 is 19.7 Å². The molecule has 158 valence electrons. The number of rotatable bonds is 9. The van der Waals surface area contributed by atoms with Crippen molar-refractivity contribution in [1.29, 1.82) is 0 Å². The number of methoxy groups -OCH3 is 2. The average molecular weight is 426 g/mol. The molecule has 0 aliphatic heterocycles. The van der Waals surface area contributed by atoms with Crippen LogP contribution in [-0.2, 0) is 11.3 Å². The summed E-state index contributed by atoms with van der Waals surface area (Å²) >= 11 is 0.476. The van der Waals surface area contributed by atoms with Crippen molar-refractivity contribution in [2.75, 3.05) is 26.6 Å². The Hall–Kier alpha value is -2.32. The number of hydrogen-bond donors (Lipinski definition) is 2. The number of benzene rings is 2. The van der Waals surface area contributed by atoms with Gasteiger partial charge in [-0.3, -0.25) is 4.79 Å². The monoisotopic (exact) mass is 425 g/mol. The van der Waals surface area contributed by atoms with Gasteiger partial charge in [-0.2, -0.15) is 8.78 Å². The minimum Gasteiger partial charge on any atom is -0.493 e. The zero-order valence-corrected chi connectivity index (χ0v) is 18.0. The fraction of sp³-hybridized carbons (Fsp3) is 0.381. The van der Waals surface area contributed by atoms with Gasteiger partial charge in [0.25, 0.3) is 11.7 Å². The lowest BCUT2D eigenvalue weighted by atomic mass is 10.1. The van der Waals surface area contributed by atoms with Crippen LogP contribution in [0.2, 0.25) is 0 Å². The third kappa shape index (κ3) is 6.33. The molecule has 2 N–H and O–H groups in total. The van der Waals surface area contributed by atoms with E-state index < -0.39 is 5.76 Å². The average Bonchev–Trinajstić information content (AvgIpc) is 2.69. The molecule has 0 heterocycles. The highest BCUT2D eigenvalue weighted by molar-refractivity contribution is 7.99. The van der Waals surface area contributed by atoms with Crippen molar-refractivity contribution in [2.24, 2.45) is 0 Å². The van der Waals surface area contributed by atoms with Crippen LogP contribution in [0.4, 0.5) is 14.5 Å². The number of likely N-dealkylation sites (N-methyl/N-ethyl adjacent to an activating group) is 1. The van der Waals surface area contributed by atoms with E-state index >= 15 is 0 Å². The first-order valence-corrected chi connectivity index (χ1v) is 10.0. The van der Waals surface area contributed by atoms with Gasteiger partial charge in [-0.25, -0.2) is 0 Å². The van der Waals surface area contributed by atoms with E-state index in [9.17, 15) is 13.6 Å². The molecule has 0 spiro atoms. The molecule has 0 aliphatic carbocycles. The Bertz CT molecular complexity index is 831. The van der Waals surface area contributed by atoms with Crippen LogP contribution in [0.15, 0.2) is 41.3 Å². The standard InChI is InChI=1S/C21H26F2N2O3S/c1-13-10-18(27-4)19(28-5)11-15(13)12-25(3)14(2)20(26)24-16-6-8-17(9-7-16)29-21(22)23/h6-11,14,21H,12H2,1-5H3,(H,24,26)/p+1/t14-/m1/s1. The fourth-order valence-corrected chi connectivity index (χ4v) is 3.36. The number of halogens is 2. The molecule has 2 aromatic carbocycles. The quantitative estimate of drug-likeness (QED) is 0.605. The highest BCUT2D eigenvalue weighted by Crippen LogP contribution is 2.30. The maximum Gasteiger partial charge on any atom is 0.288 e. The molecule has 5 nitrogen and oxygen atoms in total. The van der Waals surface area contributed by atoms with Crippen LogP contribution in [0.3, 0.4) is 0 Å². The number of hydrogen-bond acceptors (Lipinski definition) is 4. The van der Waals surface area contributed by atoms with Gasteiger partial charge in [0, 0.05) is 16.1 Å². The summed E-state index contributed by atoms with van der Waals surface area (Å²) in [6.07, 6.45) is 0. The normalized spacial score (nSPS) is 13.1. The predicted molar refractivity (Wildman–Crippen MR) is 111 cm³/mol. The van der Waals surface area contributed by atoms with Crippen LogP contribution in [0.25, 0.3) is 0 Å². The number of amides is 1. The lowest BCUT2D eigenvalue weighted by molar-refractivity contribution is -0.907. The number of aryl methyl sites for hydroxylation is 1. The van der Waals surface area contributed by atoms with Gasteiger partial charge in [-0.15, -0.1) is 0 Å². The Labute approximate surface area is 174 Å². The van der Waals surface area contributed by atoms with E-state index in [1.165, 1.54) is 0 Å². The molecule has 0 radical (unpaired) electrons. The molecular formula is C21H27F2N2O3S+. The van der Waals surface area contributed by atoms with Gasteiger partial charge in [0.05, 0.1) is 21.3 Å². The van der Waals surface area contributed by atoms with Crippen LogP contribution >= 0.6 is 11.8 Å². The van der Waals surface area contributed by atoms with E-state index in [4.69, 9.17) is 9.47 Å². The van der Waals surface area contributed by atoms with Crippen LogP contribution < -0.4 is 19.7 Å². The topological polar surface area (TPSA) is 52.0 Å². The Morgan fingerprint density at radius 2 is 1.72 bits per heavy atom. The Balaban J connectivity index is 2.02. The molecule has 0 bridgehead atoms. The molecule has 2 rings (SSSR count). The summed E-state index contributed by atoms with van der Waals surface area (Å²) in [4.78, 5) is 14.1. The third-order valence-electron chi connectivity index (χ3n) is 4.79. The molecule has 0 aromatic heterocycles. The summed E-state index contributed by atoms with van der Waals surface area (Å²) < 4.78 is 35.5. The maximum atomic E-state index is 12.6. The number of carbonyl (C=O) groups is 1. The molecule has 2 aromatic rings. The zero-order valence-electron chi connectivity index (χ0n) is 17.2. The second kappa shape index (κ2) is 10.5. The summed E-state index contributed by atoms with van der Waals surface area (Å²) in [5.41, 5.74) is 2.70. The number of nitrogens with one attached hydrogen (secondary N) is 2.